The molecular weight excluding hydrogens is 324 g/mol. The molecule has 0 spiro atoms. The van der Waals surface area contributed by atoms with Crippen LogP contribution in [0, 0.1) is 0 Å². The lowest BCUT2D eigenvalue weighted by atomic mass is 9.96. The Labute approximate surface area is 156 Å². The molecule has 1 atom stereocenters. The Balaban J connectivity index is 1.62. The largest absolute Gasteiger partial charge is 0.497 e. The highest BCUT2D eigenvalue weighted by molar-refractivity contribution is 5.41. The smallest absolute Gasteiger partial charge is 0.123 e. The lowest BCUT2D eigenvalue weighted by Gasteiger charge is -2.35. The Morgan fingerprint density at radius 1 is 1.31 bits per heavy atom. The van der Waals surface area contributed by atoms with Gasteiger partial charge >= 0.3 is 0 Å². The van der Waals surface area contributed by atoms with Gasteiger partial charge in [-0.15, -0.1) is 6.58 Å². The minimum absolute atomic E-state index is 0.449. The molecule has 26 heavy (non-hydrogen) atoms. The highest BCUT2D eigenvalue weighted by Crippen LogP contribution is 2.30. The number of methoxy groups -OCH3 is 1. The zero-order chi connectivity index (χ0) is 18.2. The lowest BCUT2D eigenvalue weighted by molar-refractivity contribution is 0.123. The summed E-state index contributed by atoms with van der Waals surface area (Å²) in [5, 5.41) is 0. The van der Waals surface area contributed by atoms with Crippen LogP contribution in [0.15, 0.2) is 55.4 Å². The molecule has 1 aromatic heterocycles. The molecular formula is C22H28N2O2. The van der Waals surface area contributed by atoms with Crippen LogP contribution in [0.3, 0.4) is 0 Å². The molecule has 0 bridgehead atoms. The van der Waals surface area contributed by atoms with Crippen LogP contribution < -0.4 is 9.47 Å². The molecule has 1 saturated heterocycles. The topological polar surface area (TPSA) is 34.6 Å². The fraction of sp³-hybridized carbons (Fsp3) is 0.409. The average molecular weight is 352 g/mol. The molecule has 2 aromatic rings. The number of likely N-dealkylation sites (tertiary alicyclic amines) is 1. The maximum absolute atomic E-state index is 6.12. The predicted molar refractivity (Wildman–Crippen MR) is 105 cm³/mol. The molecule has 0 N–H and O–H groups in total. The minimum Gasteiger partial charge on any atom is -0.497 e. The summed E-state index contributed by atoms with van der Waals surface area (Å²) in [7, 11) is 1.68. The quantitative estimate of drug-likeness (QED) is 0.659. The number of pyridine rings is 1. The van der Waals surface area contributed by atoms with Gasteiger partial charge in [0, 0.05) is 30.5 Å². The Hall–Kier alpha value is -2.33. The zero-order valence-electron chi connectivity index (χ0n) is 15.6. The first-order valence-electron chi connectivity index (χ1n) is 9.36. The first-order valence-corrected chi connectivity index (χ1v) is 9.36. The standard InChI is InChI=1S/C22H28N2O2/c1-3-7-18-16-20(25-2)10-11-22(18)26-15-14-24-13-5-4-9-21(24)19-8-6-12-23-17-19/h3,6,8,10-12,16-17,21H,1,4-5,7,9,13-15H2,2H3. The summed E-state index contributed by atoms with van der Waals surface area (Å²) in [6.07, 6.45) is 10.2. The van der Waals surface area contributed by atoms with E-state index in [1.165, 1.54) is 24.8 Å². The van der Waals surface area contributed by atoms with Crippen LogP contribution >= 0.6 is 0 Å². The van der Waals surface area contributed by atoms with Gasteiger partial charge in [0.05, 0.1) is 7.11 Å². The van der Waals surface area contributed by atoms with Crippen molar-refractivity contribution in [2.75, 3.05) is 26.8 Å². The van der Waals surface area contributed by atoms with Gasteiger partial charge in [-0.1, -0.05) is 18.6 Å². The molecule has 2 heterocycles. The molecule has 1 aliphatic rings. The van der Waals surface area contributed by atoms with Crippen molar-refractivity contribution in [3.8, 4) is 11.5 Å². The SMILES string of the molecule is C=CCc1cc(OC)ccc1OCCN1CCCCC1c1cccnc1. The Morgan fingerprint density at radius 3 is 3.00 bits per heavy atom. The van der Waals surface area contributed by atoms with Crippen molar-refractivity contribution in [3.05, 3.63) is 66.5 Å². The molecule has 0 saturated carbocycles. The maximum Gasteiger partial charge on any atom is 0.123 e. The summed E-state index contributed by atoms with van der Waals surface area (Å²) in [4.78, 5) is 6.82. The Morgan fingerprint density at radius 2 is 2.23 bits per heavy atom. The minimum atomic E-state index is 0.449. The van der Waals surface area contributed by atoms with E-state index in [1.54, 1.807) is 7.11 Å². The third-order valence-electron chi connectivity index (χ3n) is 4.95. The fourth-order valence-corrected chi connectivity index (χ4v) is 3.62. The molecule has 4 heteroatoms. The average Bonchev–Trinajstić information content (AvgIpc) is 2.70. The van der Waals surface area contributed by atoms with Crippen molar-refractivity contribution in [1.82, 2.24) is 9.88 Å². The number of hydrogen-bond donors (Lipinski definition) is 0. The van der Waals surface area contributed by atoms with Crippen molar-refractivity contribution in [2.24, 2.45) is 0 Å². The van der Waals surface area contributed by atoms with E-state index < -0.39 is 0 Å². The second-order valence-corrected chi connectivity index (χ2v) is 6.65. The van der Waals surface area contributed by atoms with E-state index in [0.717, 1.165) is 36.6 Å². The summed E-state index contributed by atoms with van der Waals surface area (Å²) < 4.78 is 11.4. The molecule has 3 rings (SSSR count). The third-order valence-corrected chi connectivity index (χ3v) is 4.95. The highest BCUT2D eigenvalue weighted by atomic mass is 16.5. The van der Waals surface area contributed by atoms with Gasteiger partial charge in [-0.3, -0.25) is 9.88 Å². The Kier molecular flexibility index (Phi) is 6.67. The molecule has 4 nitrogen and oxygen atoms in total. The number of aromatic nitrogens is 1. The molecule has 1 fully saturated rings. The van der Waals surface area contributed by atoms with E-state index in [2.05, 4.69) is 22.5 Å². The molecule has 1 aromatic carbocycles. The third kappa shape index (κ3) is 4.64. The molecule has 1 aliphatic heterocycles. The number of benzene rings is 1. The summed E-state index contributed by atoms with van der Waals surface area (Å²) in [6, 6.07) is 10.6. The van der Waals surface area contributed by atoms with Crippen LogP contribution in [0.25, 0.3) is 0 Å². The van der Waals surface area contributed by atoms with Crippen LogP contribution in [-0.2, 0) is 6.42 Å². The van der Waals surface area contributed by atoms with Gasteiger partial charge in [0.1, 0.15) is 18.1 Å². The monoisotopic (exact) mass is 352 g/mol. The maximum atomic E-state index is 6.12. The summed E-state index contributed by atoms with van der Waals surface area (Å²) in [5.41, 5.74) is 2.42. The first kappa shape index (κ1) is 18.5. The van der Waals surface area contributed by atoms with Crippen LogP contribution in [-0.4, -0.2) is 36.7 Å². The number of hydrogen-bond acceptors (Lipinski definition) is 4. The molecule has 0 aliphatic carbocycles. The zero-order valence-corrected chi connectivity index (χ0v) is 15.6. The van der Waals surface area contributed by atoms with Gasteiger partial charge in [0.2, 0.25) is 0 Å². The lowest BCUT2D eigenvalue weighted by Crippen LogP contribution is -2.36. The van der Waals surface area contributed by atoms with Crippen molar-refractivity contribution in [1.29, 1.82) is 0 Å². The van der Waals surface area contributed by atoms with Crippen molar-refractivity contribution in [2.45, 2.75) is 31.7 Å². The number of nitrogens with zero attached hydrogens (tertiary/aromatic N) is 2. The number of ether oxygens (including phenoxy) is 2. The van der Waals surface area contributed by atoms with Gasteiger partial charge in [-0.2, -0.15) is 0 Å². The van der Waals surface area contributed by atoms with Crippen LogP contribution in [0.4, 0.5) is 0 Å². The second-order valence-electron chi connectivity index (χ2n) is 6.65. The van der Waals surface area contributed by atoms with E-state index in [4.69, 9.17) is 9.47 Å². The predicted octanol–water partition coefficient (Wildman–Crippen LogP) is 4.42. The molecule has 0 amide bonds. The number of allylic oxidation sites excluding steroid dienone is 1. The van der Waals surface area contributed by atoms with E-state index in [1.807, 2.05) is 42.7 Å². The van der Waals surface area contributed by atoms with Gasteiger partial charge in [-0.05, 0) is 55.6 Å². The van der Waals surface area contributed by atoms with Crippen molar-refractivity contribution >= 4 is 0 Å². The molecule has 138 valence electrons. The molecule has 0 radical (unpaired) electrons. The first-order chi connectivity index (χ1) is 12.8. The van der Waals surface area contributed by atoms with Gasteiger partial charge in [0.25, 0.3) is 0 Å². The summed E-state index contributed by atoms with van der Waals surface area (Å²) >= 11 is 0. The Bertz CT molecular complexity index is 703. The van der Waals surface area contributed by atoms with E-state index in [-0.39, 0.29) is 0 Å². The van der Waals surface area contributed by atoms with Crippen LogP contribution in [0.1, 0.15) is 36.4 Å². The highest BCUT2D eigenvalue weighted by Gasteiger charge is 2.23. The van der Waals surface area contributed by atoms with Crippen LogP contribution in [0.5, 0.6) is 11.5 Å². The van der Waals surface area contributed by atoms with Crippen molar-refractivity contribution in [3.63, 3.8) is 0 Å². The van der Waals surface area contributed by atoms with E-state index in [9.17, 15) is 0 Å². The normalized spacial score (nSPS) is 17.7. The fourth-order valence-electron chi connectivity index (χ4n) is 3.62. The summed E-state index contributed by atoms with van der Waals surface area (Å²) in [6.45, 7) is 6.55. The second kappa shape index (κ2) is 9.39. The van der Waals surface area contributed by atoms with Crippen LogP contribution in [0.2, 0.25) is 0 Å². The number of rotatable bonds is 8. The van der Waals surface area contributed by atoms with Gasteiger partial charge in [-0.25, -0.2) is 0 Å². The molecule has 1 unspecified atom stereocenters. The van der Waals surface area contributed by atoms with Gasteiger partial charge < -0.3 is 9.47 Å². The number of piperidine rings is 1. The van der Waals surface area contributed by atoms with E-state index >= 15 is 0 Å². The summed E-state index contributed by atoms with van der Waals surface area (Å²) in [5.74, 6) is 1.77. The van der Waals surface area contributed by atoms with Gasteiger partial charge in [0.15, 0.2) is 0 Å². The van der Waals surface area contributed by atoms with E-state index in [0.29, 0.717) is 12.6 Å². The van der Waals surface area contributed by atoms with Crippen molar-refractivity contribution < 1.29 is 9.47 Å².